The van der Waals surface area contributed by atoms with E-state index in [1.807, 2.05) is 44.2 Å². The fourth-order valence-electron chi connectivity index (χ4n) is 10.0. The summed E-state index contributed by atoms with van der Waals surface area (Å²) < 4.78 is 43.1. The van der Waals surface area contributed by atoms with Gasteiger partial charge in [0.25, 0.3) is 0 Å². The molecule has 1 saturated heterocycles. The Hall–Kier alpha value is -4.09. The van der Waals surface area contributed by atoms with E-state index >= 15 is 4.79 Å². The Labute approximate surface area is 358 Å². The highest BCUT2D eigenvalue weighted by atomic mass is 16.6. The smallest absolute Gasteiger partial charge is 0.409 e. The summed E-state index contributed by atoms with van der Waals surface area (Å²) in [6, 6.07) is 8.07. The summed E-state index contributed by atoms with van der Waals surface area (Å²) in [6.45, 7) is 16.6. The van der Waals surface area contributed by atoms with E-state index in [1.54, 1.807) is 48.5 Å². The summed E-state index contributed by atoms with van der Waals surface area (Å²) >= 11 is 0. The Bertz CT molecular complexity index is 1860. The van der Waals surface area contributed by atoms with Gasteiger partial charge in [0.05, 0.1) is 30.8 Å². The Morgan fingerprint density at radius 3 is 2.21 bits per heavy atom. The van der Waals surface area contributed by atoms with Crippen molar-refractivity contribution >= 4 is 29.9 Å². The molecule has 5 rings (SSSR count). The van der Waals surface area contributed by atoms with Crippen LogP contribution in [0.3, 0.4) is 0 Å². The minimum absolute atomic E-state index is 0.0275. The van der Waals surface area contributed by atoms with Crippen molar-refractivity contribution in [1.82, 2.24) is 10.2 Å². The van der Waals surface area contributed by atoms with Gasteiger partial charge in [-0.15, -0.1) is 0 Å². The van der Waals surface area contributed by atoms with E-state index in [-0.39, 0.29) is 38.4 Å². The quantitative estimate of drug-likeness (QED) is 0.149. The Morgan fingerprint density at radius 1 is 1.05 bits per heavy atom. The van der Waals surface area contributed by atoms with E-state index in [9.17, 15) is 29.4 Å². The maximum absolute atomic E-state index is 15.8. The number of aliphatic hydroxyl groups is 2. The van der Waals surface area contributed by atoms with E-state index in [0.717, 1.165) is 5.56 Å². The zero-order valence-corrected chi connectivity index (χ0v) is 37.9. The van der Waals surface area contributed by atoms with E-state index in [1.165, 1.54) is 33.0 Å². The molecule has 1 unspecified atom stereocenters. The van der Waals surface area contributed by atoms with Crippen molar-refractivity contribution in [3.63, 3.8) is 0 Å². The Balaban J connectivity index is 1.71. The van der Waals surface area contributed by atoms with Crippen molar-refractivity contribution < 1.29 is 67.3 Å². The second-order valence-electron chi connectivity index (χ2n) is 19.4. The number of hydrogen-bond donors (Lipinski definition) is 3. The van der Waals surface area contributed by atoms with Crippen LogP contribution in [0.2, 0.25) is 0 Å². The molecular formula is C45H66N2O14. The first kappa shape index (κ1) is 48.0. The molecular weight excluding hydrogens is 792 g/mol. The average Bonchev–Trinajstić information content (AvgIpc) is 3.14. The van der Waals surface area contributed by atoms with E-state index in [0.29, 0.717) is 11.1 Å². The molecule has 3 N–H and O–H groups in total. The predicted octanol–water partition coefficient (Wildman–Crippen LogP) is 4.65. The van der Waals surface area contributed by atoms with Crippen LogP contribution in [-0.4, -0.2) is 132 Å². The van der Waals surface area contributed by atoms with Gasteiger partial charge in [0.1, 0.15) is 35.6 Å². The Morgan fingerprint density at radius 2 is 1.69 bits per heavy atom. The number of nitrogens with zero attached hydrogens (tertiary/aromatic N) is 1. The van der Waals surface area contributed by atoms with Gasteiger partial charge in [0.15, 0.2) is 17.5 Å². The van der Waals surface area contributed by atoms with Crippen LogP contribution in [0.5, 0.6) is 0 Å². The topological polar surface area (TPSA) is 206 Å². The molecule has 0 spiro atoms. The van der Waals surface area contributed by atoms with Crippen molar-refractivity contribution in [2.75, 3.05) is 27.8 Å². The lowest BCUT2D eigenvalue weighted by molar-refractivity contribution is -0.351. The molecule has 2 bridgehead atoms. The normalized spacial score (nSPS) is 32.8. The standard InChI is InChI=1S/C45H66N2O14/c1-24(2)19-28(46-39(52)61-41(5,6)7)33(49)38(51)58-29-21-45(54)37(56-22-27-17-15-14-16-18-27)35-43(10,36(50)34(55-13)32(25(29)3)42(45,8)9)30(59-40(53)47(11)12)20-31-44(35,23-57-31)60-26(4)48/h14-18,24,28-31,33-35,37,49,54H,19-23H2,1-13H3,(H,46,52)/t28-,29-,30-,31+,33+,34+,35?,37-,43+,44-,45-/m0/s1. The van der Waals surface area contributed by atoms with Crippen molar-refractivity contribution in [3.05, 3.63) is 47.0 Å². The van der Waals surface area contributed by atoms with Crippen molar-refractivity contribution in [1.29, 1.82) is 0 Å². The number of Topliss-reactive ketones (excluding diaryl/α,β-unsaturated/α-hetero) is 1. The van der Waals surface area contributed by atoms with Crippen LogP contribution in [0.25, 0.3) is 0 Å². The third-order valence-electron chi connectivity index (χ3n) is 13.0. The summed E-state index contributed by atoms with van der Waals surface area (Å²) in [6.07, 6.45) is -9.72. The summed E-state index contributed by atoms with van der Waals surface area (Å²) in [7, 11) is 4.37. The zero-order valence-electron chi connectivity index (χ0n) is 37.9. The van der Waals surface area contributed by atoms with Crippen molar-refractivity contribution in [2.24, 2.45) is 22.7 Å². The highest BCUT2D eigenvalue weighted by Crippen LogP contribution is 2.65. The number of carbonyl (C=O) groups is 5. The lowest BCUT2D eigenvalue weighted by Gasteiger charge is -2.68. The van der Waals surface area contributed by atoms with Crippen LogP contribution in [0.1, 0.15) is 94.1 Å². The number of rotatable bonds is 12. The molecule has 1 aromatic carbocycles. The number of methoxy groups -OCH3 is 1. The zero-order chi connectivity index (χ0) is 45.6. The number of fused-ring (bicyclic) bond motifs is 5. The van der Waals surface area contributed by atoms with Gasteiger partial charge in [-0.05, 0) is 63.7 Å². The molecule has 1 heterocycles. The van der Waals surface area contributed by atoms with Crippen LogP contribution in [0.15, 0.2) is 41.5 Å². The van der Waals surface area contributed by atoms with Gasteiger partial charge in [-0.25, -0.2) is 14.4 Å². The van der Waals surface area contributed by atoms with Gasteiger partial charge in [0, 0.05) is 52.3 Å². The monoisotopic (exact) mass is 858 g/mol. The molecule has 0 radical (unpaired) electrons. The van der Waals surface area contributed by atoms with Crippen LogP contribution < -0.4 is 5.32 Å². The lowest BCUT2D eigenvalue weighted by Crippen LogP contribution is -2.82. The highest BCUT2D eigenvalue weighted by molar-refractivity contribution is 5.94. The number of benzene rings is 1. The number of alkyl carbamates (subject to hydrolysis) is 1. The number of nitrogens with one attached hydrogen (secondary N) is 1. The van der Waals surface area contributed by atoms with Crippen molar-refractivity contribution in [3.8, 4) is 0 Å². The predicted molar refractivity (Wildman–Crippen MR) is 220 cm³/mol. The molecule has 2 amide bonds. The molecule has 3 aliphatic carbocycles. The largest absolute Gasteiger partial charge is 0.456 e. The molecule has 0 aromatic heterocycles. The number of aliphatic hydroxyl groups excluding tert-OH is 1. The van der Waals surface area contributed by atoms with Crippen LogP contribution in [0.4, 0.5) is 9.59 Å². The molecule has 11 atom stereocenters. The van der Waals surface area contributed by atoms with Gasteiger partial charge in [-0.2, -0.15) is 0 Å². The fraction of sp³-hybridized carbons (Fsp3) is 0.711. The average molecular weight is 859 g/mol. The molecule has 3 fully saturated rings. The first-order chi connectivity index (χ1) is 28.2. The van der Waals surface area contributed by atoms with Crippen LogP contribution in [-0.2, 0) is 54.1 Å². The molecule has 340 valence electrons. The lowest BCUT2D eigenvalue weighted by atomic mass is 9.44. The van der Waals surface area contributed by atoms with Gasteiger partial charge in [0.2, 0.25) is 0 Å². The van der Waals surface area contributed by atoms with E-state index in [4.69, 9.17) is 33.2 Å². The van der Waals surface area contributed by atoms with Gasteiger partial charge < -0.3 is 53.6 Å². The molecule has 61 heavy (non-hydrogen) atoms. The molecule has 1 aliphatic heterocycles. The number of ketones is 1. The molecule has 1 aromatic rings. The molecule has 4 aliphatic rings. The number of carbonyl (C=O) groups excluding carboxylic acids is 5. The van der Waals surface area contributed by atoms with Gasteiger partial charge >= 0.3 is 24.1 Å². The third kappa shape index (κ3) is 8.93. The number of esters is 2. The van der Waals surface area contributed by atoms with Crippen molar-refractivity contribution in [2.45, 2.75) is 155 Å². The summed E-state index contributed by atoms with van der Waals surface area (Å²) in [4.78, 5) is 70.5. The minimum atomic E-state index is -2.07. The molecule has 16 heteroatoms. The molecule has 16 nitrogen and oxygen atoms in total. The third-order valence-corrected chi connectivity index (χ3v) is 13.0. The Kier molecular flexibility index (Phi) is 13.8. The second-order valence-corrected chi connectivity index (χ2v) is 19.4. The summed E-state index contributed by atoms with van der Waals surface area (Å²) in [5.74, 6) is -3.61. The van der Waals surface area contributed by atoms with E-state index in [2.05, 4.69) is 5.32 Å². The minimum Gasteiger partial charge on any atom is -0.456 e. The number of amides is 2. The van der Waals surface area contributed by atoms with Gasteiger partial charge in [-0.3, -0.25) is 9.59 Å². The number of ether oxygens (including phenoxy) is 7. The van der Waals surface area contributed by atoms with Crippen LogP contribution >= 0.6 is 0 Å². The van der Waals surface area contributed by atoms with Gasteiger partial charge in [-0.1, -0.05) is 58.0 Å². The highest BCUT2D eigenvalue weighted by Gasteiger charge is 2.78. The van der Waals surface area contributed by atoms with Crippen LogP contribution in [0, 0.1) is 22.7 Å². The molecule has 2 saturated carbocycles. The SMILES string of the molecule is CO[C@H]1C(=O)[C@@]2(C)C([C@H](OCc3ccccc3)[C@@]3(O)C[C@H](OC(=O)[C@H](O)[C@H](CC(C)C)NC(=O)OC(C)(C)C)C(C)=C1C3(C)C)[C@]1(OC(C)=O)CO[C@@H]1C[C@@H]2OC(=O)N(C)C. The maximum Gasteiger partial charge on any atom is 0.409 e. The first-order valence-electron chi connectivity index (χ1n) is 21.0. The summed E-state index contributed by atoms with van der Waals surface area (Å²) in [5.41, 5.74) is -6.19. The summed E-state index contributed by atoms with van der Waals surface area (Å²) in [5, 5.41) is 28.0. The second kappa shape index (κ2) is 17.6. The maximum atomic E-state index is 15.8. The first-order valence-corrected chi connectivity index (χ1v) is 21.0. The number of hydrogen-bond acceptors (Lipinski definition) is 14. The van der Waals surface area contributed by atoms with E-state index < -0.39 is 106 Å². The fourth-order valence-corrected chi connectivity index (χ4v) is 10.0.